The first-order valence-corrected chi connectivity index (χ1v) is 11.2. The van der Waals surface area contributed by atoms with E-state index in [0.717, 1.165) is 65.2 Å². The zero-order valence-electron chi connectivity index (χ0n) is 18.6. The van der Waals surface area contributed by atoms with Crippen molar-refractivity contribution in [2.75, 3.05) is 30.4 Å². The third-order valence-electron chi connectivity index (χ3n) is 6.27. The van der Waals surface area contributed by atoms with Gasteiger partial charge >= 0.3 is 0 Å². The predicted octanol–water partition coefficient (Wildman–Crippen LogP) is 5.16. The lowest BCUT2D eigenvalue weighted by Gasteiger charge is -2.32. The summed E-state index contributed by atoms with van der Waals surface area (Å²) in [6.07, 6.45) is 1.57. The van der Waals surface area contributed by atoms with E-state index >= 15 is 0 Å². The first-order chi connectivity index (χ1) is 16.2. The van der Waals surface area contributed by atoms with Gasteiger partial charge in [0.2, 0.25) is 5.91 Å². The maximum atomic E-state index is 12.9. The molecule has 6 nitrogen and oxygen atoms in total. The van der Waals surface area contributed by atoms with E-state index in [1.807, 2.05) is 66.7 Å². The van der Waals surface area contributed by atoms with E-state index < -0.39 is 0 Å². The molecule has 3 aromatic carbocycles. The van der Waals surface area contributed by atoms with Gasteiger partial charge in [-0.05, 0) is 48.6 Å². The Bertz CT molecular complexity index is 1260. The number of hydrogen-bond acceptors (Lipinski definition) is 5. The summed E-state index contributed by atoms with van der Waals surface area (Å²) in [7, 11) is 1.65. The quantitative estimate of drug-likeness (QED) is 0.466. The SMILES string of the molecule is COc1ccccc1-c1ccc(N2CCC(C(=O)Nc3cccc4ccccc34)CC2)nn1. The first kappa shape index (κ1) is 20.9. The fourth-order valence-corrected chi connectivity index (χ4v) is 4.43. The van der Waals surface area contributed by atoms with Crippen LogP contribution in [0.2, 0.25) is 0 Å². The van der Waals surface area contributed by atoms with Crippen LogP contribution < -0.4 is 15.0 Å². The lowest BCUT2D eigenvalue weighted by atomic mass is 9.95. The summed E-state index contributed by atoms with van der Waals surface area (Å²) < 4.78 is 5.43. The van der Waals surface area contributed by atoms with E-state index in [9.17, 15) is 4.79 Å². The second kappa shape index (κ2) is 9.28. The Labute approximate surface area is 193 Å². The molecular weight excluding hydrogens is 412 g/mol. The van der Waals surface area contributed by atoms with Gasteiger partial charge in [-0.1, -0.05) is 48.5 Å². The Hall–Kier alpha value is -3.93. The molecule has 0 aliphatic carbocycles. The van der Waals surface area contributed by atoms with Crippen molar-refractivity contribution >= 4 is 28.2 Å². The van der Waals surface area contributed by atoms with Gasteiger partial charge in [-0.15, -0.1) is 10.2 Å². The average molecular weight is 439 g/mol. The number of hydrogen-bond donors (Lipinski definition) is 1. The predicted molar refractivity (Wildman–Crippen MR) is 132 cm³/mol. The summed E-state index contributed by atoms with van der Waals surface area (Å²) in [4.78, 5) is 15.1. The van der Waals surface area contributed by atoms with Crippen LogP contribution >= 0.6 is 0 Å². The normalized spacial score (nSPS) is 14.3. The Morgan fingerprint density at radius 1 is 0.909 bits per heavy atom. The molecule has 33 heavy (non-hydrogen) atoms. The first-order valence-electron chi connectivity index (χ1n) is 11.2. The van der Waals surface area contributed by atoms with Crippen molar-refractivity contribution in [1.29, 1.82) is 0 Å². The van der Waals surface area contributed by atoms with E-state index in [1.165, 1.54) is 0 Å². The zero-order valence-corrected chi connectivity index (χ0v) is 18.6. The number of anilines is 2. The summed E-state index contributed by atoms with van der Waals surface area (Å²) in [5.74, 6) is 1.68. The molecule has 6 heteroatoms. The Morgan fingerprint density at radius 2 is 1.67 bits per heavy atom. The summed E-state index contributed by atoms with van der Waals surface area (Å²) in [5.41, 5.74) is 2.57. The topological polar surface area (TPSA) is 67.3 Å². The van der Waals surface area contributed by atoms with E-state index in [1.54, 1.807) is 7.11 Å². The highest BCUT2D eigenvalue weighted by molar-refractivity contribution is 6.02. The van der Waals surface area contributed by atoms with E-state index in [0.29, 0.717) is 0 Å². The fourth-order valence-electron chi connectivity index (χ4n) is 4.43. The smallest absolute Gasteiger partial charge is 0.227 e. The maximum absolute atomic E-state index is 12.9. The van der Waals surface area contributed by atoms with Crippen molar-refractivity contribution in [3.8, 4) is 17.0 Å². The second-order valence-corrected chi connectivity index (χ2v) is 8.25. The van der Waals surface area contributed by atoms with Gasteiger partial charge < -0.3 is 15.0 Å². The number of piperidine rings is 1. The van der Waals surface area contributed by atoms with Gasteiger partial charge in [0.1, 0.15) is 5.75 Å². The van der Waals surface area contributed by atoms with Crippen molar-refractivity contribution in [1.82, 2.24) is 10.2 Å². The van der Waals surface area contributed by atoms with E-state index in [2.05, 4.69) is 32.5 Å². The number of benzene rings is 3. The largest absolute Gasteiger partial charge is 0.496 e. The monoisotopic (exact) mass is 438 g/mol. The molecule has 1 saturated heterocycles. The second-order valence-electron chi connectivity index (χ2n) is 8.25. The van der Waals surface area contributed by atoms with Crippen LogP contribution in [0.15, 0.2) is 78.9 Å². The van der Waals surface area contributed by atoms with Crippen LogP contribution in [0.5, 0.6) is 5.75 Å². The van der Waals surface area contributed by atoms with Crippen LogP contribution in [0.1, 0.15) is 12.8 Å². The van der Waals surface area contributed by atoms with Gasteiger partial charge in [0.05, 0.1) is 12.8 Å². The third-order valence-corrected chi connectivity index (χ3v) is 6.27. The minimum Gasteiger partial charge on any atom is -0.496 e. The number of amides is 1. The molecule has 1 aliphatic rings. The van der Waals surface area contributed by atoms with Crippen LogP contribution in [-0.4, -0.2) is 36.3 Å². The van der Waals surface area contributed by atoms with E-state index in [4.69, 9.17) is 4.74 Å². The van der Waals surface area contributed by atoms with Gasteiger partial charge in [-0.3, -0.25) is 4.79 Å². The number of aromatic nitrogens is 2. The Morgan fingerprint density at radius 3 is 2.45 bits per heavy atom. The summed E-state index contributed by atoms with van der Waals surface area (Å²) in [6, 6.07) is 25.9. The number of ether oxygens (including phenoxy) is 1. The lowest BCUT2D eigenvalue weighted by molar-refractivity contribution is -0.120. The van der Waals surface area contributed by atoms with Gasteiger partial charge in [-0.25, -0.2) is 0 Å². The van der Waals surface area contributed by atoms with E-state index in [-0.39, 0.29) is 11.8 Å². The molecule has 166 valence electrons. The summed E-state index contributed by atoms with van der Waals surface area (Å²) >= 11 is 0. The molecule has 0 unspecified atom stereocenters. The standard InChI is InChI=1S/C27H26N4O2/c1-33-25-12-5-4-10-22(25)24-13-14-26(30-29-24)31-17-15-20(16-18-31)27(32)28-23-11-6-8-19-7-2-3-9-21(19)23/h2-14,20H,15-18H2,1H3,(H,28,32). The molecule has 0 radical (unpaired) electrons. The number of nitrogens with one attached hydrogen (secondary N) is 1. The van der Waals surface area contributed by atoms with Crippen LogP contribution in [-0.2, 0) is 4.79 Å². The number of fused-ring (bicyclic) bond motifs is 1. The molecule has 1 amide bonds. The molecule has 1 N–H and O–H groups in total. The van der Waals surface area contributed by atoms with Gasteiger partial charge in [0, 0.05) is 35.6 Å². The van der Waals surface area contributed by atoms with Crippen LogP contribution in [0.4, 0.5) is 11.5 Å². The molecule has 1 aliphatic heterocycles. The number of methoxy groups -OCH3 is 1. The molecule has 0 spiro atoms. The summed E-state index contributed by atoms with van der Waals surface area (Å²) in [5, 5.41) is 14.2. The van der Waals surface area contributed by atoms with Crippen LogP contribution in [0.25, 0.3) is 22.0 Å². The third kappa shape index (κ3) is 4.37. The van der Waals surface area contributed by atoms with Crippen molar-refractivity contribution < 1.29 is 9.53 Å². The number of carbonyl (C=O) groups is 1. The zero-order chi connectivity index (χ0) is 22.6. The number of carbonyl (C=O) groups excluding carboxylic acids is 1. The maximum Gasteiger partial charge on any atom is 0.227 e. The van der Waals surface area contributed by atoms with Crippen molar-refractivity contribution in [3.05, 3.63) is 78.9 Å². The van der Waals surface area contributed by atoms with Crippen LogP contribution in [0.3, 0.4) is 0 Å². The molecule has 1 fully saturated rings. The van der Waals surface area contributed by atoms with Gasteiger partial charge in [-0.2, -0.15) is 0 Å². The lowest BCUT2D eigenvalue weighted by Crippen LogP contribution is -2.38. The fraction of sp³-hybridized carbons (Fsp3) is 0.222. The van der Waals surface area contributed by atoms with Crippen molar-refractivity contribution in [2.45, 2.75) is 12.8 Å². The number of nitrogens with zero attached hydrogens (tertiary/aromatic N) is 3. The molecule has 5 rings (SSSR count). The highest BCUT2D eigenvalue weighted by atomic mass is 16.5. The van der Waals surface area contributed by atoms with Gasteiger partial charge in [0.15, 0.2) is 5.82 Å². The molecule has 0 atom stereocenters. The molecule has 4 aromatic rings. The summed E-state index contributed by atoms with van der Waals surface area (Å²) in [6.45, 7) is 1.55. The van der Waals surface area contributed by atoms with Crippen molar-refractivity contribution in [3.63, 3.8) is 0 Å². The highest BCUT2D eigenvalue weighted by Crippen LogP contribution is 2.30. The molecule has 1 aromatic heterocycles. The minimum atomic E-state index is -0.0129. The average Bonchev–Trinajstić information content (AvgIpc) is 2.89. The Kier molecular flexibility index (Phi) is 5.89. The molecule has 2 heterocycles. The number of rotatable bonds is 5. The van der Waals surface area contributed by atoms with Crippen LogP contribution in [0, 0.1) is 5.92 Å². The molecule has 0 saturated carbocycles. The highest BCUT2D eigenvalue weighted by Gasteiger charge is 2.26. The minimum absolute atomic E-state index is 0.0129. The Balaban J connectivity index is 1.22. The van der Waals surface area contributed by atoms with Crippen molar-refractivity contribution in [2.24, 2.45) is 5.92 Å². The molecule has 0 bridgehead atoms. The molecular formula is C27H26N4O2. The number of para-hydroxylation sites is 1. The van der Waals surface area contributed by atoms with Gasteiger partial charge in [0.25, 0.3) is 0 Å².